The lowest BCUT2D eigenvalue weighted by Crippen LogP contribution is -2.58. The molecule has 4 aliphatic carbocycles. The maximum absolute atomic E-state index is 13.5. The van der Waals surface area contributed by atoms with Crippen LogP contribution in [0, 0.1) is 37.0 Å². The van der Waals surface area contributed by atoms with Crippen LogP contribution in [0.1, 0.15) is 49.7 Å². The van der Waals surface area contributed by atoms with Crippen LogP contribution < -0.4 is 4.90 Å². The Hall–Kier alpha value is -1.51. The second-order valence-electron chi connectivity index (χ2n) is 9.72. The summed E-state index contributed by atoms with van der Waals surface area (Å²) in [5.74, 6) is 3.06. The fourth-order valence-corrected chi connectivity index (χ4v) is 7.15. The predicted octanol–water partition coefficient (Wildman–Crippen LogP) is 4.17. The van der Waals surface area contributed by atoms with Crippen molar-refractivity contribution in [3.63, 3.8) is 0 Å². The number of rotatable bonds is 2. The minimum Gasteiger partial charge on any atom is -0.368 e. The molecule has 0 atom stereocenters. The molecule has 1 saturated heterocycles. The van der Waals surface area contributed by atoms with Gasteiger partial charge in [-0.2, -0.15) is 0 Å². The number of hydrogen-bond acceptors (Lipinski definition) is 2. The number of anilines is 1. The molecule has 6 rings (SSSR count). The van der Waals surface area contributed by atoms with Gasteiger partial charge in [0, 0.05) is 31.9 Å². The van der Waals surface area contributed by atoms with Crippen LogP contribution in [0.3, 0.4) is 0 Å². The van der Waals surface area contributed by atoms with E-state index in [9.17, 15) is 4.79 Å². The molecule has 26 heavy (non-hydrogen) atoms. The van der Waals surface area contributed by atoms with E-state index in [1.54, 1.807) is 0 Å². The molecule has 1 amide bonds. The van der Waals surface area contributed by atoms with Gasteiger partial charge in [0.05, 0.1) is 5.41 Å². The van der Waals surface area contributed by atoms with Gasteiger partial charge in [-0.3, -0.25) is 4.79 Å². The lowest BCUT2D eigenvalue weighted by atomic mass is 9.49. The summed E-state index contributed by atoms with van der Waals surface area (Å²) in [4.78, 5) is 18.2. The Bertz CT molecular complexity index is 661. The summed E-state index contributed by atoms with van der Waals surface area (Å²) in [6.45, 7) is 8.15. The first kappa shape index (κ1) is 16.6. The van der Waals surface area contributed by atoms with Crippen molar-refractivity contribution in [3.05, 3.63) is 29.3 Å². The Balaban J connectivity index is 1.29. The number of carbonyl (C=O) groups excluding carboxylic acids is 1. The summed E-state index contributed by atoms with van der Waals surface area (Å²) in [6, 6.07) is 6.55. The van der Waals surface area contributed by atoms with E-state index in [2.05, 4.69) is 41.8 Å². The molecular formula is C23H32N2O. The average Bonchev–Trinajstić information content (AvgIpc) is 2.60. The third-order valence-electron chi connectivity index (χ3n) is 7.81. The summed E-state index contributed by atoms with van der Waals surface area (Å²) in [5, 5.41) is 0. The highest BCUT2D eigenvalue weighted by atomic mass is 16.2. The SMILES string of the molecule is Cc1cccc(C)c1N1CCN(C(=O)C23CC4CC(CC(C4)C2)C3)CC1. The maximum atomic E-state index is 13.5. The van der Waals surface area contributed by atoms with E-state index in [1.165, 1.54) is 55.3 Å². The molecule has 5 aliphatic rings. The molecule has 1 aromatic carbocycles. The van der Waals surface area contributed by atoms with Crippen LogP contribution in [-0.2, 0) is 4.79 Å². The zero-order valence-electron chi connectivity index (χ0n) is 16.3. The van der Waals surface area contributed by atoms with Crippen molar-refractivity contribution in [1.82, 2.24) is 4.90 Å². The first-order valence-electron chi connectivity index (χ1n) is 10.6. The van der Waals surface area contributed by atoms with Gasteiger partial charge in [0.2, 0.25) is 5.91 Å². The monoisotopic (exact) mass is 352 g/mol. The van der Waals surface area contributed by atoms with Crippen LogP contribution in [0.15, 0.2) is 18.2 Å². The van der Waals surface area contributed by atoms with Gasteiger partial charge in [-0.1, -0.05) is 18.2 Å². The van der Waals surface area contributed by atoms with Crippen molar-refractivity contribution < 1.29 is 4.79 Å². The summed E-state index contributed by atoms with van der Waals surface area (Å²) in [7, 11) is 0. The third-order valence-corrected chi connectivity index (χ3v) is 7.81. The van der Waals surface area contributed by atoms with Crippen molar-refractivity contribution in [2.75, 3.05) is 31.1 Å². The van der Waals surface area contributed by atoms with Crippen molar-refractivity contribution >= 4 is 11.6 Å². The smallest absolute Gasteiger partial charge is 0.228 e. The van der Waals surface area contributed by atoms with Gasteiger partial charge in [-0.05, 0) is 81.3 Å². The molecule has 1 aromatic rings. The number of nitrogens with zero attached hydrogens (tertiary/aromatic N) is 2. The van der Waals surface area contributed by atoms with Gasteiger partial charge < -0.3 is 9.80 Å². The van der Waals surface area contributed by atoms with Crippen molar-refractivity contribution in [1.29, 1.82) is 0 Å². The Morgan fingerprint density at radius 3 is 1.88 bits per heavy atom. The van der Waals surface area contributed by atoms with Crippen molar-refractivity contribution in [2.24, 2.45) is 23.2 Å². The summed E-state index contributed by atoms with van der Waals surface area (Å²) in [5.41, 5.74) is 4.11. The van der Waals surface area contributed by atoms with Crippen LogP contribution in [0.2, 0.25) is 0 Å². The predicted molar refractivity (Wildman–Crippen MR) is 105 cm³/mol. The number of piperazine rings is 1. The van der Waals surface area contributed by atoms with Gasteiger partial charge in [0.15, 0.2) is 0 Å². The van der Waals surface area contributed by atoms with Gasteiger partial charge in [-0.25, -0.2) is 0 Å². The Kier molecular flexibility index (Phi) is 3.84. The number of amides is 1. The molecule has 3 nitrogen and oxygen atoms in total. The van der Waals surface area contributed by atoms with E-state index in [-0.39, 0.29) is 5.41 Å². The van der Waals surface area contributed by atoms with Crippen molar-refractivity contribution in [2.45, 2.75) is 52.4 Å². The maximum Gasteiger partial charge on any atom is 0.228 e. The molecule has 0 N–H and O–H groups in total. The Morgan fingerprint density at radius 2 is 1.38 bits per heavy atom. The molecule has 0 aromatic heterocycles. The zero-order chi connectivity index (χ0) is 17.9. The van der Waals surface area contributed by atoms with Crippen LogP contribution in [0.5, 0.6) is 0 Å². The molecule has 1 heterocycles. The van der Waals surface area contributed by atoms with Crippen LogP contribution in [0.4, 0.5) is 5.69 Å². The van der Waals surface area contributed by atoms with Crippen molar-refractivity contribution in [3.8, 4) is 0 Å². The quantitative estimate of drug-likeness (QED) is 0.797. The highest BCUT2D eigenvalue weighted by molar-refractivity contribution is 5.83. The largest absolute Gasteiger partial charge is 0.368 e. The molecule has 140 valence electrons. The third kappa shape index (κ3) is 2.58. The molecule has 4 saturated carbocycles. The molecule has 4 bridgehead atoms. The highest BCUT2D eigenvalue weighted by Crippen LogP contribution is 2.60. The molecule has 1 aliphatic heterocycles. The first-order chi connectivity index (χ1) is 12.5. The number of carbonyl (C=O) groups is 1. The topological polar surface area (TPSA) is 23.6 Å². The lowest BCUT2D eigenvalue weighted by molar-refractivity contribution is -0.158. The first-order valence-corrected chi connectivity index (χ1v) is 10.6. The van der Waals surface area contributed by atoms with E-state index >= 15 is 0 Å². The number of hydrogen-bond donors (Lipinski definition) is 0. The fraction of sp³-hybridized carbons (Fsp3) is 0.696. The Morgan fingerprint density at radius 1 is 0.885 bits per heavy atom. The second kappa shape index (κ2) is 6.00. The second-order valence-corrected chi connectivity index (χ2v) is 9.72. The van der Waals surface area contributed by atoms with Crippen LogP contribution in [0.25, 0.3) is 0 Å². The lowest BCUT2D eigenvalue weighted by Gasteiger charge is -2.57. The standard InChI is InChI=1S/C23H32N2O/c1-16-4-3-5-17(2)21(16)24-6-8-25(9-7-24)22(26)23-13-18-10-19(14-23)12-20(11-18)15-23/h3-5,18-20H,6-15H2,1-2H3. The van der Waals surface area contributed by atoms with E-state index in [4.69, 9.17) is 0 Å². The van der Waals surface area contributed by atoms with E-state index in [0.29, 0.717) is 5.91 Å². The Labute approximate surface area is 157 Å². The number of benzene rings is 1. The summed E-state index contributed by atoms with van der Waals surface area (Å²) < 4.78 is 0. The van der Waals surface area contributed by atoms with Gasteiger partial charge in [-0.15, -0.1) is 0 Å². The van der Waals surface area contributed by atoms with Gasteiger partial charge in [0.1, 0.15) is 0 Å². The molecule has 0 unspecified atom stereocenters. The van der Waals surface area contributed by atoms with E-state index in [0.717, 1.165) is 43.9 Å². The van der Waals surface area contributed by atoms with E-state index in [1.807, 2.05) is 0 Å². The molecule has 0 radical (unpaired) electrons. The summed E-state index contributed by atoms with van der Waals surface area (Å²) in [6.07, 6.45) is 7.80. The minimum absolute atomic E-state index is 0.0233. The molecule has 3 heteroatoms. The van der Waals surface area contributed by atoms with Crippen LogP contribution in [-0.4, -0.2) is 37.0 Å². The molecule has 5 fully saturated rings. The van der Waals surface area contributed by atoms with E-state index < -0.39 is 0 Å². The molecule has 0 spiro atoms. The average molecular weight is 353 g/mol. The van der Waals surface area contributed by atoms with Crippen LogP contribution >= 0.6 is 0 Å². The van der Waals surface area contributed by atoms with Gasteiger partial charge >= 0.3 is 0 Å². The number of aryl methyl sites for hydroxylation is 2. The minimum atomic E-state index is 0.0233. The van der Waals surface area contributed by atoms with Gasteiger partial charge in [0.25, 0.3) is 0 Å². The summed E-state index contributed by atoms with van der Waals surface area (Å²) >= 11 is 0. The zero-order valence-corrected chi connectivity index (χ0v) is 16.3. The highest BCUT2D eigenvalue weighted by Gasteiger charge is 2.55. The molecular weight excluding hydrogens is 320 g/mol. The number of para-hydroxylation sites is 1. The normalized spacial score (nSPS) is 35.8. The fourth-order valence-electron chi connectivity index (χ4n) is 7.15.